The van der Waals surface area contributed by atoms with Crippen LogP contribution in [-0.4, -0.2) is 31.4 Å². The minimum absolute atomic E-state index is 0.0162. The monoisotopic (exact) mass is 273 g/mol. The molecule has 0 spiro atoms. The van der Waals surface area contributed by atoms with E-state index in [1.54, 1.807) is 0 Å². The first kappa shape index (κ1) is 13.5. The standard InChI is InChI=1S/C11H19N3O3S/c1-3-8(12-2)10-13-14-11(17-10)9-6-4-5-7-18(9,15)16/h8-9,12H,3-7H2,1-2H3. The van der Waals surface area contributed by atoms with Gasteiger partial charge >= 0.3 is 0 Å². The van der Waals surface area contributed by atoms with Gasteiger partial charge in [-0.05, 0) is 26.3 Å². The Kier molecular flexibility index (Phi) is 4.01. The lowest BCUT2D eigenvalue weighted by Gasteiger charge is -2.18. The maximum atomic E-state index is 12.0. The van der Waals surface area contributed by atoms with Gasteiger partial charge in [-0.2, -0.15) is 0 Å². The predicted octanol–water partition coefficient (Wildman–Crippen LogP) is 1.38. The van der Waals surface area contributed by atoms with Crippen LogP contribution >= 0.6 is 0 Å². The van der Waals surface area contributed by atoms with Crippen LogP contribution in [0.25, 0.3) is 0 Å². The van der Waals surface area contributed by atoms with E-state index < -0.39 is 15.1 Å². The van der Waals surface area contributed by atoms with E-state index in [4.69, 9.17) is 4.42 Å². The first-order valence-corrected chi connectivity index (χ1v) is 8.02. The summed E-state index contributed by atoms with van der Waals surface area (Å²) in [5.74, 6) is 0.938. The highest BCUT2D eigenvalue weighted by atomic mass is 32.2. The molecule has 0 aromatic carbocycles. The summed E-state index contributed by atoms with van der Waals surface area (Å²) in [6.07, 6.45) is 3.02. The molecule has 1 aromatic rings. The van der Waals surface area contributed by atoms with Crippen molar-refractivity contribution < 1.29 is 12.8 Å². The lowest BCUT2D eigenvalue weighted by Crippen LogP contribution is -2.21. The van der Waals surface area contributed by atoms with Crippen LogP contribution in [0.4, 0.5) is 0 Å². The second kappa shape index (κ2) is 5.36. The van der Waals surface area contributed by atoms with Crippen molar-refractivity contribution in [2.24, 2.45) is 0 Å². The lowest BCUT2D eigenvalue weighted by molar-refractivity contribution is 0.375. The molecule has 1 aliphatic heterocycles. The van der Waals surface area contributed by atoms with Gasteiger partial charge in [-0.25, -0.2) is 8.42 Å². The van der Waals surface area contributed by atoms with Crippen molar-refractivity contribution in [1.82, 2.24) is 15.5 Å². The Hall–Kier alpha value is -0.950. The van der Waals surface area contributed by atoms with Crippen LogP contribution in [-0.2, 0) is 9.84 Å². The van der Waals surface area contributed by atoms with Gasteiger partial charge in [-0.1, -0.05) is 13.3 Å². The van der Waals surface area contributed by atoms with Crippen molar-refractivity contribution in [3.05, 3.63) is 11.8 Å². The molecule has 1 fully saturated rings. The highest BCUT2D eigenvalue weighted by Gasteiger charge is 2.34. The second-order valence-electron chi connectivity index (χ2n) is 4.58. The second-order valence-corrected chi connectivity index (χ2v) is 6.88. The van der Waals surface area contributed by atoms with Crippen LogP contribution in [0.5, 0.6) is 0 Å². The quantitative estimate of drug-likeness (QED) is 0.892. The minimum atomic E-state index is -3.12. The molecule has 0 bridgehead atoms. The summed E-state index contributed by atoms with van der Waals surface area (Å²) in [4.78, 5) is 0. The molecule has 0 saturated carbocycles. The zero-order valence-electron chi connectivity index (χ0n) is 10.7. The third-order valence-electron chi connectivity index (χ3n) is 3.37. The van der Waals surface area contributed by atoms with Gasteiger partial charge in [-0.3, -0.25) is 0 Å². The Balaban J connectivity index is 2.24. The summed E-state index contributed by atoms with van der Waals surface area (Å²) >= 11 is 0. The highest BCUT2D eigenvalue weighted by Crippen LogP contribution is 2.33. The molecule has 2 rings (SSSR count). The fourth-order valence-electron chi connectivity index (χ4n) is 2.25. The Labute approximate surface area is 107 Å². The molecule has 7 heteroatoms. The van der Waals surface area contributed by atoms with Crippen LogP contribution in [0.2, 0.25) is 0 Å². The average Bonchev–Trinajstić information content (AvgIpc) is 2.79. The smallest absolute Gasteiger partial charge is 0.234 e. The SMILES string of the molecule is CCC(NC)c1nnc(C2CCCCS2(=O)=O)o1. The fraction of sp³-hybridized carbons (Fsp3) is 0.818. The Morgan fingerprint density at radius 2 is 2.22 bits per heavy atom. The van der Waals surface area contributed by atoms with Gasteiger partial charge in [0.05, 0.1) is 11.8 Å². The number of nitrogens with one attached hydrogen (secondary N) is 1. The largest absolute Gasteiger partial charge is 0.422 e. The van der Waals surface area contributed by atoms with Crippen LogP contribution in [0.1, 0.15) is 55.7 Å². The molecule has 2 heterocycles. The lowest BCUT2D eigenvalue weighted by atomic mass is 10.2. The van der Waals surface area contributed by atoms with Crippen molar-refractivity contribution in [3.63, 3.8) is 0 Å². The van der Waals surface area contributed by atoms with Crippen molar-refractivity contribution >= 4 is 9.84 Å². The van der Waals surface area contributed by atoms with E-state index in [9.17, 15) is 8.42 Å². The topological polar surface area (TPSA) is 85.1 Å². The van der Waals surface area contributed by atoms with E-state index in [1.165, 1.54) is 0 Å². The molecule has 102 valence electrons. The third kappa shape index (κ3) is 2.56. The maximum Gasteiger partial charge on any atom is 0.234 e. The molecule has 2 atom stereocenters. The van der Waals surface area contributed by atoms with Crippen LogP contribution in [0.3, 0.4) is 0 Å². The van der Waals surface area contributed by atoms with E-state index in [0.717, 1.165) is 19.3 Å². The zero-order chi connectivity index (χ0) is 13.2. The minimum Gasteiger partial charge on any atom is -0.422 e. The molecule has 6 nitrogen and oxygen atoms in total. The zero-order valence-corrected chi connectivity index (χ0v) is 11.5. The van der Waals surface area contributed by atoms with Crippen molar-refractivity contribution in [2.45, 2.75) is 43.9 Å². The van der Waals surface area contributed by atoms with E-state index in [0.29, 0.717) is 12.3 Å². The van der Waals surface area contributed by atoms with Crippen molar-refractivity contribution in [3.8, 4) is 0 Å². The van der Waals surface area contributed by atoms with E-state index >= 15 is 0 Å². The summed E-state index contributed by atoms with van der Waals surface area (Å²) in [5, 5.41) is 10.3. The summed E-state index contributed by atoms with van der Waals surface area (Å²) in [6, 6.07) is -0.0162. The Bertz CT molecular complexity index is 493. The average molecular weight is 273 g/mol. The predicted molar refractivity (Wildman–Crippen MR) is 66.8 cm³/mol. The van der Waals surface area contributed by atoms with Crippen molar-refractivity contribution in [2.75, 3.05) is 12.8 Å². The summed E-state index contributed by atoms with van der Waals surface area (Å²) in [7, 11) is -1.30. The van der Waals surface area contributed by atoms with Gasteiger partial charge in [0, 0.05) is 0 Å². The first-order chi connectivity index (χ1) is 8.58. The summed E-state index contributed by atoms with van der Waals surface area (Å²) < 4.78 is 29.5. The number of rotatable bonds is 4. The molecule has 1 aliphatic rings. The molecule has 2 unspecified atom stereocenters. The number of hydrogen-bond acceptors (Lipinski definition) is 6. The van der Waals surface area contributed by atoms with Gasteiger partial charge in [0.2, 0.25) is 11.8 Å². The van der Waals surface area contributed by atoms with E-state index in [-0.39, 0.29) is 17.7 Å². The first-order valence-electron chi connectivity index (χ1n) is 6.30. The Morgan fingerprint density at radius 1 is 1.44 bits per heavy atom. The summed E-state index contributed by atoms with van der Waals surface area (Å²) in [5.41, 5.74) is 0. The van der Waals surface area contributed by atoms with Gasteiger partial charge < -0.3 is 9.73 Å². The molecule has 0 aliphatic carbocycles. The number of sulfone groups is 1. The van der Waals surface area contributed by atoms with E-state index in [1.807, 2.05) is 14.0 Å². The summed E-state index contributed by atoms with van der Waals surface area (Å²) in [6.45, 7) is 2.00. The van der Waals surface area contributed by atoms with Crippen LogP contribution in [0, 0.1) is 0 Å². The fourth-order valence-corrected chi connectivity index (χ4v) is 4.07. The van der Waals surface area contributed by atoms with Gasteiger partial charge in [0.25, 0.3) is 0 Å². The van der Waals surface area contributed by atoms with Gasteiger partial charge in [0.1, 0.15) is 5.25 Å². The number of aromatic nitrogens is 2. The van der Waals surface area contributed by atoms with Gasteiger partial charge in [-0.15, -0.1) is 10.2 Å². The molecule has 0 radical (unpaired) electrons. The van der Waals surface area contributed by atoms with Crippen LogP contribution in [0.15, 0.2) is 4.42 Å². The van der Waals surface area contributed by atoms with Gasteiger partial charge in [0.15, 0.2) is 9.84 Å². The van der Waals surface area contributed by atoms with Crippen LogP contribution < -0.4 is 5.32 Å². The van der Waals surface area contributed by atoms with Crippen molar-refractivity contribution in [1.29, 1.82) is 0 Å². The molecule has 1 aromatic heterocycles. The normalized spacial score (nSPS) is 24.9. The Morgan fingerprint density at radius 3 is 2.83 bits per heavy atom. The molecule has 1 saturated heterocycles. The number of hydrogen-bond donors (Lipinski definition) is 1. The molecular formula is C11H19N3O3S. The maximum absolute atomic E-state index is 12.0. The molecule has 18 heavy (non-hydrogen) atoms. The highest BCUT2D eigenvalue weighted by molar-refractivity contribution is 7.91. The molecule has 0 amide bonds. The third-order valence-corrected chi connectivity index (χ3v) is 5.53. The van der Waals surface area contributed by atoms with E-state index in [2.05, 4.69) is 15.5 Å². The molecular weight excluding hydrogens is 254 g/mol. The number of nitrogens with zero attached hydrogens (tertiary/aromatic N) is 2. The molecule has 1 N–H and O–H groups in total.